The Morgan fingerprint density at radius 1 is 1.28 bits per heavy atom. The normalized spacial score (nSPS) is 25.8. The Hall–Kier alpha value is -2.58. The Kier molecular flexibility index (Phi) is 3.48. The molecule has 0 N–H and O–H groups in total. The average molecular weight is 347 g/mol. The second kappa shape index (κ2) is 5.47. The molecule has 0 aliphatic carbocycles. The summed E-state index contributed by atoms with van der Waals surface area (Å²) in [5, 5.41) is 4.33. The molecule has 3 amide bonds. The lowest BCUT2D eigenvalue weighted by Gasteiger charge is -2.44. The number of rotatable bonds is 2. The number of fused-ring (bicyclic) bond motifs is 2. The zero-order chi connectivity index (χ0) is 17.8. The number of nitrogens with zero attached hydrogens (tertiary/aromatic N) is 5. The van der Waals surface area contributed by atoms with Crippen molar-refractivity contribution in [3.63, 3.8) is 0 Å². The van der Waals surface area contributed by atoms with Crippen LogP contribution in [0.1, 0.15) is 34.3 Å². The van der Waals surface area contributed by atoms with Crippen LogP contribution in [0.15, 0.2) is 6.07 Å². The number of carbonyl (C=O) groups is 3. The number of carbonyl (C=O) groups excluding carboxylic acids is 3. The summed E-state index contributed by atoms with van der Waals surface area (Å²) >= 11 is 0. The maximum Gasteiger partial charge on any atom is 0.410 e. The van der Waals surface area contributed by atoms with Gasteiger partial charge in [-0.15, -0.1) is 0 Å². The molecule has 1 aromatic heterocycles. The van der Waals surface area contributed by atoms with Gasteiger partial charge in [0.2, 0.25) is 0 Å². The largest absolute Gasteiger partial charge is 0.447 e. The number of ether oxygens (including phenoxy) is 1. The third kappa shape index (κ3) is 2.29. The van der Waals surface area contributed by atoms with Gasteiger partial charge in [-0.25, -0.2) is 4.79 Å². The first kappa shape index (κ1) is 15.9. The quantitative estimate of drug-likeness (QED) is 0.753. The molecule has 134 valence electrons. The van der Waals surface area contributed by atoms with Gasteiger partial charge in [-0.05, 0) is 6.42 Å². The van der Waals surface area contributed by atoms with Crippen LogP contribution in [0.3, 0.4) is 0 Å². The predicted octanol–water partition coefficient (Wildman–Crippen LogP) is 0.0255. The van der Waals surface area contributed by atoms with Gasteiger partial charge in [0.05, 0.1) is 12.1 Å². The Bertz CT molecular complexity index is 760. The van der Waals surface area contributed by atoms with Crippen LogP contribution in [0, 0.1) is 0 Å². The number of hydrogen-bond acceptors (Lipinski definition) is 5. The molecular weight excluding hydrogens is 326 g/mol. The zero-order valence-electron chi connectivity index (χ0n) is 14.4. The van der Waals surface area contributed by atoms with Gasteiger partial charge in [0.1, 0.15) is 12.3 Å². The highest BCUT2D eigenvalue weighted by Gasteiger charge is 2.50. The van der Waals surface area contributed by atoms with Gasteiger partial charge in [0.25, 0.3) is 11.8 Å². The fourth-order valence-corrected chi connectivity index (χ4v) is 3.81. The summed E-state index contributed by atoms with van der Waals surface area (Å²) in [4.78, 5) is 42.0. The lowest BCUT2D eigenvalue weighted by atomic mass is 9.93. The smallest absolute Gasteiger partial charge is 0.410 e. The molecule has 2 saturated heterocycles. The standard InChI is InChI=1S/C16H21N5O4/c1-3-16-9-19(5-6-20(16)15(24)25-10-16)13(22)11-8-12-14(23)18(2)4-7-21(12)17-11/h8H,3-7,9-10H2,1-2H3. The van der Waals surface area contributed by atoms with Crippen LogP contribution in [-0.2, 0) is 11.3 Å². The highest BCUT2D eigenvalue weighted by atomic mass is 16.6. The number of amides is 3. The van der Waals surface area contributed by atoms with Crippen molar-refractivity contribution in [1.82, 2.24) is 24.5 Å². The van der Waals surface area contributed by atoms with E-state index >= 15 is 0 Å². The molecule has 0 radical (unpaired) electrons. The molecule has 2 fully saturated rings. The lowest BCUT2D eigenvalue weighted by molar-refractivity contribution is 0.0356. The monoisotopic (exact) mass is 347 g/mol. The minimum Gasteiger partial charge on any atom is -0.447 e. The van der Waals surface area contributed by atoms with Gasteiger partial charge in [-0.2, -0.15) is 5.10 Å². The summed E-state index contributed by atoms with van der Waals surface area (Å²) in [5.41, 5.74) is 0.268. The molecule has 3 aliphatic heterocycles. The summed E-state index contributed by atoms with van der Waals surface area (Å²) < 4.78 is 6.80. The number of likely N-dealkylation sites (N-methyl/N-ethyl adjacent to an activating group) is 1. The van der Waals surface area contributed by atoms with Gasteiger partial charge in [-0.3, -0.25) is 19.2 Å². The van der Waals surface area contributed by atoms with Gasteiger partial charge >= 0.3 is 6.09 Å². The number of aromatic nitrogens is 2. The lowest BCUT2D eigenvalue weighted by Crippen LogP contribution is -2.62. The second-order valence-electron chi connectivity index (χ2n) is 6.88. The van der Waals surface area contributed by atoms with Crippen molar-refractivity contribution in [1.29, 1.82) is 0 Å². The van der Waals surface area contributed by atoms with Crippen LogP contribution < -0.4 is 0 Å². The topological polar surface area (TPSA) is 88.0 Å². The fraction of sp³-hybridized carbons (Fsp3) is 0.625. The van der Waals surface area contributed by atoms with E-state index in [9.17, 15) is 14.4 Å². The number of cyclic esters (lactones) is 1. The minimum absolute atomic E-state index is 0.123. The van der Waals surface area contributed by atoms with Crippen molar-refractivity contribution >= 4 is 17.9 Å². The van der Waals surface area contributed by atoms with Crippen LogP contribution in [0.4, 0.5) is 4.79 Å². The second-order valence-corrected chi connectivity index (χ2v) is 6.88. The van der Waals surface area contributed by atoms with Gasteiger partial charge in [0.15, 0.2) is 5.69 Å². The summed E-state index contributed by atoms with van der Waals surface area (Å²) in [6.07, 6.45) is 0.408. The molecule has 9 nitrogen and oxygen atoms in total. The fourth-order valence-electron chi connectivity index (χ4n) is 3.81. The first-order valence-corrected chi connectivity index (χ1v) is 8.52. The molecule has 25 heavy (non-hydrogen) atoms. The molecule has 3 aliphatic rings. The third-order valence-electron chi connectivity index (χ3n) is 5.49. The van der Waals surface area contributed by atoms with E-state index in [1.807, 2.05) is 6.92 Å². The van der Waals surface area contributed by atoms with E-state index in [4.69, 9.17) is 4.74 Å². The molecule has 4 heterocycles. The number of hydrogen-bond donors (Lipinski definition) is 0. The summed E-state index contributed by atoms with van der Waals surface area (Å²) in [7, 11) is 1.74. The molecule has 1 aromatic rings. The molecule has 4 rings (SSSR count). The molecule has 0 bridgehead atoms. The van der Waals surface area contributed by atoms with Crippen molar-refractivity contribution in [2.75, 3.05) is 39.8 Å². The third-order valence-corrected chi connectivity index (χ3v) is 5.49. The maximum atomic E-state index is 12.9. The maximum absolute atomic E-state index is 12.9. The summed E-state index contributed by atoms with van der Waals surface area (Å²) in [6.45, 7) is 4.77. The van der Waals surface area contributed by atoms with Gasteiger partial charge in [0, 0.05) is 39.3 Å². The predicted molar refractivity (Wildman–Crippen MR) is 86.2 cm³/mol. The number of piperazine rings is 1. The van der Waals surface area contributed by atoms with Crippen LogP contribution >= 0.6 is 0 Å². The Morgan fingerprint density at radius 2 is 2.08 bits per heavy atom. The van der Waals surface area contributed by atoms with Crippen LogP contribution in [0.2, 0.25) is 0 Å². The van der Waals surface area contributed by atoms with E-state index in [0.29, 0.717) is 51.4 Å². The SMILES string of the molecule is CCC12COC(=O)N1CCN(C(=O)c1cc3n(n1)CCN(C)C3=O)C2. The molecule has 9 heteroatoms. The summed E-state index contributed by atoms with van der Waals surface area (Å²) in [5.74, 6) is -0.327. The molecule has 1 unspecified atom stereocenters. The van der Waals surface area contributed by atoms with Crippen molar-refractivity contribution < 1.29 is 19.1 Å². The Balaban J connectivity index is 1.57. The molecule has 1 atom stereocenters. The van der Waals surface area contributed by atoms with Crippen molar-refractivity contribution in [3.8, 4) is 0 Å². The first-order valence-electron chi connectivity index (χ1n) is 8.52. The van der Waals surface area contributed by atoms with Crippen LogP contribution in [-0.4, -0.2) is 87.8 Å². The van der Waals surface area contributed by atoms with Crippen molar-refractivity contribution in [2.24, 2.45) is 0 Å². The Labute approximate surface area is 145 Å². The van der Waals surface area contributed by atoms with E-state index in [1.165, 1.54) is 0 Å². The molecular formula is C16H21N5O4. The molecule has 0 aromatic carbocycles. The van der Waals surface area contributed by atoms with Gasteiger partial charge in [-0.1, -0.05) is 6.92 Å². The minimum atomic E-state index is -0.458. The van der Waals surface area contributed by atoms with Crippen LogP contribution in [0.25, 0.3) is 0 Å². The molecule has 0 spiro atoms. The van der Waals surface area contributed by atoms with Gasteiger partial charge < -0.3 is 14.5 Å². The molecule has 0 saturated carbocycles. The summed E-state index contributed by atoms with van der Waals surface area (Å²) in [6, 6.07) is 1.57. The van der Waals surface area contributed by atoms with E-state index < -0.39 is 5.54 Å². The van der Waals surface area contributed by atoms with E-state index in [0.717, 1.165) is 0 Å². The van der Waals surface area contributed by atoms with E-state index in [-0.39, 0.29) is 23.6 Å². The Morgan fingerprint density at radius 3 is 2.84 bits per heavy atom. The van der Waals surface area contributed by atoms with E-state index in [2.05, 4.69) is 5.10 Å². The van der Waals surface area contributed by atoms with E-state index in [1.54, 1.807) is 32.5 Å². The average Bonchev–Trinajstić information content (AvgIpc) is 3.20. The van der Waals surface area contributed by atoms with Crippen molar-refractivity contribution in [2.45, 2.75) is 25.4 Å². The zero-order valence-corrected chi connectivity index (χ0v) is 14.4. The first-order chi connectivity index (χ1) is 11.9. The highest BCUT2D eigenvalue weighted by molar-refractivity contribution is 5.98. The highest BCUT2D eigenvalue weighted by Crippen LogP contribution is 2.32. The van der Waals surface area contributed by atoms with Crippen molar-refractivity contribution in [3.05, 3.63) is 17.5 Å². The van der Waals surface area contributed by atoms with Crippen LogP contribution in [0.5, 0.6) is 0 Å².